The zero-order chi connectivity index (χ0) is 33.1. The van der Waals surface area contributed by atoms with Crippen LogP contribution in [-0.2, 0) is 12.6 Å². The highest BCUT2D eigenvalue weighted by atomic mass is 35.5. The number of nitrogens with one attached hydrogen (secondary N) is 1. The predicted octanol–water partition coefficient (Wildman–Crippen LogP) is 10.3. The van der Waals surface area contributed by atoms with Gasteiger partial charge in [-0.3, -0.25) is 4.79 Å². The monoisotopic (exact) mass is 671 g/mol. The van der Waals surface area contributed by atoms with Crippen LogP contribution in [0, 0.1) is 0 Å². The number of hydrogen-bond donors (Lipinski definition) is 1. The van der Waals surface area contributed by atoms with Crippen LogP contribution in [0.4, 0.5) is 13.2 Å². The van der Waals surface area contributed by atoms with Gasteiger partial charge in [0.1, 0.15) is 17.3 Å². The van der Waals surface area contributed by atoms with Gasteiger partial charge >= 0.3 is 6.18 Å². The second-order valence-electron chi connectivity index (χ2n) is 10.7. The summed E-state index contributed by atoms with van der Waals surface area (Å²) in [6.45, 7) is 0. The summed E-state index contributed by atoms with van der Waals surface area (Å²) in [7, 11) is 1.59. The van der Waals surface area contributed by atoms with Crippen LogP contribution in [0.1, 0.15) is 27.3 Å². The molecule has 0 aliphatic rings. The fourth-order valence-electron chi connectivity index (χ4n) is 5.10. The topological polar surface area (TPSA) is 56.2 Å². The van der Waals surface area contributed by atoms with E-state index in [0.717, 1.165) is 45.9 Å². The fraction of sp³-hybridized carbons (Fsp3) is 0.0811. The van der Waals surface area contributed by atoms with E-state index in [9.17, 15) is 18.0 Å². The number of benzene rings is 5. The summed E-state index contributed by atoms with van der Waals surface area (Å²) < 4.78 is 46.8. The molecule has 1 aromatic heterocycles. The molecule has 0 saturated carbocycles. The van der Waals surface area contributed by atoms with E-state index in [1.807, 2.05) is 65.4 Å². The Morgan fingerprint density at radius 1 is 0.830 bits per heavy atom. The lowest BCUT2D eigenvalue weighted by atomic mass is 10.0. The van der Waals surface area contributed by atoms with Gasteiger partial charge in [0.15, 0.2) is 0 Å². The standard InChI is InChI=1S/C37H26Cl2F3N3O2/c1-43-36(46)26-9-14-29(15-10-26)45-22-34(32-18-13-28(38)21-33(32)39)44-35(45)19-23-5-7-24(8-6-23)25-11-16-30(17-12-25)47-31-4-2-3-27(20-31)37(40,41)42/h2-18,20-22H,19H2,1H3,(H,43,46). The lowest BCUT2D eigenvalue weighted by Gasteiger charge is -2.11. The zero-order valence-corrected chi connectivity index (χ0v) is 26.4. The summed E-state index contributed by atoms with van der Waals surface area (Å²) in [6, 6.07) is 32.5. The molecule has 0 fully saturated rings. The van der Waals surface area contributed by atoms with Gasteiger partial charge in [-0.05, 0) is 89.5 Å². The van der Waals surface area contributed by atoms with Crippen LogP contribution in [0.15, 0.2) is 121 Å². The summed E-state index contributed by atoms with van der Waals surface area (Å²) in [5.74, 6) is 1.13. The Bertz CT molecular complexity index is 2040. The highest BCUT2D eigenvalue weighted by Crippen LogP contribution is 2.34. The first kappa shape index (κ1) is 31.9. The quantitative estimate of drug-likeness (QED) is 0.175. The third-order valence-corrected chi connectivity index (χ3v) is 8.07. The molecule has 236 valence electrons. The molecule has 6 aromatic rings. The molecule has 0 aliphatic carbocycles. The average molecular weight is 673 g/mol. The van der Waals surface area contributed by atoms with Gasteiger partial charge in [-0.2, -0.15) is 13.2 Å². The maximum Gasteiger partial charge on any atom is 0.416 e. The van der Waals surface area contributed by atoms with E-state index in [1.165, 1.54) is 12.1 Å². The van der Waals surface area contributed by atoms with Gasteiger partial charge in [0.2, 0.25) is 0 Å². The second-order valence-corrected chi connectivity index (χ2v) is 11.5. The van der Waals surface area contributed by atoms with Crippen LogP contribution in [-0.4, -0.2) is 22.5 Å². The van der Waals surface area contributed by atoms with E-state index in [4.69, 9.17) is 32.9 Å². The van der Waals surface area contributed by atoms with Gasteiger partial charge in [-0.1, -0.05) is 65.7 Å². The molecule has 0 aliphatic heterocycles. The number of alkyl halides is 3. The summed E-state index contributed by atoms with van der Waals surface area (Å²) in [5, 5.41) is 3.65. The molecular weight excluding hydrogens is 646 g/mol. The van der Waals surface area contributed by atoms with Crippen molar-refractivity contribution in [3.63, 3.8) is 0 Å². The van der Waals surface area contributed by atoms with Crippen LogP contribution >= 0.6 is 23.2 Å². The number of nitrogens with zero attached hydrogens (tertiary/aromatic N) is 2. The minimum absolute atomic E-state index is 0.110. The van der Waals surface area contributed by atoms with Gasteiger partial charge < -0.3 is 14.6 Å². The summed E-state index contributed by atoms with van der Waals surface area (Å²) in [4.78, 5) is 17.0. The molecule has 0 atom stereocenters. The number of hydrogen-bond acceptors (Lipinski definition) is 3. The highest BCUT2D eigenvalue weighted by molar-refractivity contribution is 6.36. The lowest BCUT2D eigenvalue weighted by Crippen LogP contribution is -2.17. The largest absolute Gasteiger partial charge is 0.457 e. The van der Waals surface area contributed by atoms with Gasteiger partial charge in [0, 0.05) is 41.5 Å². The number of amides is 1. The Hall–Kier alpha value is -5.05. The first-order valence-electron chi connectivity index (χ1n) is 14.5. The third kappa shape index (κ3) is 7.35. The molecule has 1 amide bonds. The maximum absolute atomic E-state index is 13.1. The van der Waals surface area contributed by atoms with E-state index >= 15 is 0 Å². The number of ether oxygens (including phenoxy) is 1. The molecule has 0 spiro atoms. The number of halogens is 5. The normalized spacial score (nSPS) is 11.4. The Balaban J connectivity index is 1.23. The summed E-state index contributed by atoms with van der Waals surface area (Å²) >= 11 is 12.7. The number of imidazole rings is 1. The maximum atomic E-state index is 13.1. The minimum Gasteiger partial charge on any atom is -0.457 e. The Labute approximate surface area is 279 Å². The van der Waals surface area contributed by atoms with E-state index in [0.29, 0.717) is 33.5 Å². The van der Waals surface area contributed by atoms with Gasteiger partial charge in [-0.25, -0.2) is 4.98 Å². The molecule has 6 rings (SSSR count). The molecule has 5 nitrogen and oxygen atoms in total. The molecule has 0 bridgehead atoms. The van der Waals surface area contributed by atoms with Crippen molar-refractivity contribution in [3.05, 3.63) is 154 Å². The van der Waals surface area contributed by atoms with Crippen molar-refractivity contribution in [1.29, 1.82) is 0 Å². The van der Waals surface area contributed by atoms with Crippen LogP contribution < -0.4 is 10.1 Å². The number of carbonyl (C=O) groups excluding carboxylic acids is 1. The molecule has 0 unspecified atom stereocenters. The van der Waals surface area contributed by atoms with Gasteiger partial charge in [0.25, 0.3) is 5.91 Å². The predicted molar refractivity (Wildman–Crippen MR) is 179 cm³/mol. The first-order valence-corrected chi connectivity index (χ1v) is 15.2. The van der Waals surface area contributed by atoms with Crippen LogP contribution in [0.25, 0.3) is 28.1 Å². The molecule has 0 saturated heterocycles. The Kier molecular flexibility index (Phi) is 9.07. The second kappa shape index (κ2) is 13.4. The van der Waals surface area contributed by atoms with E-state index in [2.05, 4.69) is 5.32 Å². The molecule has 0 radical (unpaired) electrons. The third-order valence-electron chi connectivity index (χ3n) is 7.52. The lowest BCUT2D eigenvalue weighted by molar-refractivity contribution is -0.137. The molecule has 5 aromatic carbocycles. The SMILES string of the molecule is CNC(=O)c1ccc(-n2cc(-c3ccc(Cl)cc3Cl)nc2Cc2ccc(-c3ccc(Oc4cccc(C(F)(F)F)c4)cc3)cc2)cc1. The Morgan fingerprint density at radius 3 is 2.15 bits per heavy atom. The number of aromatic nitrogens is 2. The smallest absolute Gasteiger partial charge is 0.416 e. The van der Waals surface area contributed by atoms with Crippen LogP contribution in [0.3, 0.4) is 0 Å². The van der Waals surface area contributed by atoms with Crippen molar-refractivity contribution in [2.24, 2.45) is 0 Å². The average Bonchev–Trinajstić information content (AvgIpc) is 3.48. The van der Waals surface area contributed by atoms with E-state index in [1.54, 1.807) is 43.4 Å². The van der Waals surface area contributed by atoms with Crippen molar-refractivity contribution >= 4 is 29.1 Å². The summed E-state index contributed by atoms with van der Waals surface area (Å²) in [5.41, 5.74) is 4.94. The van der Waals surface area contributed by atoms with E-state index in [-0.39, 0.29) is 11.7 Å². The molecular formula is C37H26Cl2F3N3O2. The van der Waals surface area contributed by atoms with E-state index < -0.39 is 11.7 Å². The molecule has 1 heterocycles. The minimum atomic E-state index is -4.44. The van der Waals surface area contributed by atoms with Crippen molar-refractivity contribution in [1.82, 2.24) is 14.9 Å². The zero-order valence-electron chi connectivity index (χ0n) is 24.9. The van der Waals surface area contributed by atoms with Gasteiger partial charge in [0.05, 0.1) is 16.3 Å². The van der Waals surface area contributed by atoms with Crippen molar-refractivity contribution in [3.8, 4) is 39.6 Å². The van der Waals surface area contributed by atoms with Crippen molar-refractivity contribution in [2.75, 3.05) is 7.05 Å². The Morgan fingerprint density at radius 2 is 1.51 bits per heavy atom. The number of rotatable bonds is 8. The molecule has 1 N–H and O–H groups in total. The fourth-order valence-corrected chi connectivity index (χ4v) is 5.60. The molecule has 10 heteroatoms. The van der Waals surface area contributed by atoms with Crippen molar-refractivity contribution in [2.45, 2.75) is 12.6 Å². The highest BCUT2D eigenvalue weighted by Gasteiger charge is 2.30. The van der Waals surface area contributed by atoms with Crippen LogP contribution in [0.2, 0.25) is 10.0 Å². The first-order chi connectivity index (χ1) is 22.6. The van der Waals surface area contributed by atoms with Crippen LogP contribution in [0.5, 0.6) is 11.5 Å². The van der Waals surface area contributed by atoms with Crippen molar-refractivity contribution < 1.29 is 22.7 Å². The molecule has 47 heavy (non-hydrogen) atoms. The summed E-state index contributed by atoms with van der Waals surface area (Å²) in [6.07, 6.45) is -2.02. The number of carbonyl (C=O) groups is 1. The van der Waals surface area contributed by atoms with Gasteiger partial charge in [-0.15, -0.1) is 0 Å².